The highest BCUT2D eigenvalue weighted by molar-refractivity contribution is 7.71. The number of aromatic nitrogens is 2. The second kappa shape index (κ2) is 18.2. The smallest absolute Gasteiger partial charge is 0.259 e. The van der Waals surface area contributed by atoms with Crippen molar-refractivity contribution in [3.63, 3.8) is 0 Å². The molecule has 1 fully saturated rings. The summed E-state index contributed by atoms with van der Waals surface area (Å²) in [6.45, 7) is 8.72. The molecule has 1 aromatic heterocycles. The maximum atomic E-state index is 12.1. The van der Waals surface area contributed by atoms with E-state index >= 15 is 0 Å². The molecule has 2 heterocycles. The summed E-state index contributed by atoms with van der Waals surface area (Å²) >= 11 is 5.55. The van der Waals surface area contributed by atoms with Gasteiger partial charge in [-0.05, 0) is 80.9 Å². The summed E-state index contributed by atoms with van der Waals surface area (Å²) in [5, 5.41) is 9.29. The zero-order chi connectivity index (χ0) is 37.3. The molecule has 13 heteroatoms. The van der Waals surface area contributed by atoms with Crippen LogP contribution in [0.5, 0.6) is 11.5 Å². The quantitative estimate of drug-likeness (QED) is 0.0495. The lowest BCUT2D eigenvalue weighted by Gasteiger charge is -2.39. The van der Waals surface area contributed by atoms with E-state index in [-0.39, 0.29) is 42.0 Å². The van der Waals surface area contributed by atoms with Gasteiger partial charge in [0.15, 0.2) is 4.77 Å². The van der Waals surface area contributed by atoms with E-state index in [0.717, 1.165) is 28.2 Å². The molecular formula is C39H47N4O7PS. The summed E-state index contributed by atoms with van der Waals surface area (Å²) in [6, 6.07) is 29.6. The van der Waals surface area contributed by atoms with Crippen molar-refractivity contribution < 1.29 is 28.0 Å². The van der Waals surface area contributed by atoms with Gasteiger partial charge in [-0.15, -0.1) is 0 Å². The predicted molar refractivity (Wildman–Crippen MR) is 203 cm³/mol. The van der Waals surface area contributed by atoms with Crippen LogP contribution < -0.4 is 15.0 Å². The molecule has 1 saturated heterocycles. The molecule has 0 bridgehead atoms. The first-order chi connectivity index (χ1) is 25.1. The van der Waals surface area contributed by atoms with Crippen molar-refractivity contribution in [2.45, 2.75) is 76.7 Å². The Morgan fingerprint density at radius 1 is 0.942 bits per heavy atom. The minimum atomic E-state index is -1.61. The number of methoxy groups -OCH3 is 2. The average Bonchev–Trinajstić information content (AvgIpc) is 3.54. The van der Waals surface area contributed by atoms with Crippen molar-refractivity contribution in [1.82, 2.24) is 14.2 Å². The molecule has 0 radical (unpaired) electrons. The monoisotopic (exact) mass is 746 g/mol. The summed E-state index contributed by atoms with van der Waals surface area (Å²) in [7, 11) is 1.67. The zero-order valence-electron chi connectivity index (χ0n) is 30.4. The van der Waals surface area contributed by atoms with Crippen molar-refractivity contribution in [2.75, 3.05) is 27.4 Å². The molecule has 3 aromatic carbocycles. The van der Waals surface area contributed by atoms with E-state index in [0.29, 0.717) is 6.42 Å². The summed E-state index contributed by atoms with van der Waals surface area (Å²) in [5.74, 6) is 1.44. The van der Waals surface area contributed by atoms with Crippen LogP contribution in [-0.4, -0.2) is 65.9 Å². The Morgan fingerprint density at radius 2 is 1.52 bits per heavy atom. The number of ether oxygens (including phenoxy) is 4. The van der Waals surface area contributed by atoms with Crippen LogP contribution in [0.4, 0.5) is 0 Å². The van der Waals surface area contributed by atoms with Crippen LogP contribution in [-0.2, 0) is 24.1 Å². The average molecular weight is 747 g/mol. The van der Waals surface area contributed by atoms with E-state index in [4.69, 9.17) is 40.2 Å². The van der Waals surface area contributed by atoms with Gasteiger partial charge in [0.2, 0.25) is 0 Å². The van der Waals surface area contributed by atoms with E-state index in [2.05, 4.69) is 43.4 Å². The van der Waals surface area contributed by atoms with Crippen LogP contribution in [0.25, 0.3) is 0 Å². The molecule has 52 heavy (non-hydrogen) atoms. The van der Waals surface area contributed by atoms with E-state index in [1.54, 1.807) is 25.0 Å². The highest BCUT2D eigenvalue weighted by Gasteiger charge is 2.45. The zero-order valence-corrected chi connectivity index (χ0v) is 32.1. The summed E-state index contributed by atoms with van der Waals surface area (Å²) < 4.78 is 42.4. The number of benzene rings is 3. The molecule has 5 rings (SSSR count). The molecule has 1 aliphatic rings. The van der Waals surface area contributed by atoms with Gasteiger partial charge in [-0.1, -0.05) is 54.6 Å². The second-order valence-electron chi connectivity index (χ2n) is 12.9. The standard InChI is InChI=1S/C39H47N4O7PS/c1-27(2)43(28(3)4)51(48-24-10-22-40)50-34-25-37(42-23-21-36(44)41-38(42)52)49-35(34)26-47-39(29-11-8-7-9-12-29,30-13-17-32(45-5)18-14-30)31-15-19-33(46-6)20-16-31/h7-9,11-21,23,27-28,34-35,37H,10,24-26H2,1-6H3,(H,41,44,52)/t34-,35+,37+,51?/m0/s1. The van der Waals surface area contributed by atoms with Gasteiger partial charge in [0.05, 0.1) is 46.0 Å². The molecule has 11 nitrogen and oxygen atoms in total. The number of hydrogen-bond donors (Lipinski definition) is 1. The number of rotatable bonds is 17. The molecule has 1 aliphatic heterocycles. The normalized spacial score (nSPS) is 18.1. The Morgan fingerprint density at radius 3 is 2.04 bits per heavy atom. The third-order valence-electron chi connectivity index (χ3n) is 8.87. The predicted octanol–water partition coefficient (Wildman–Crippen LogP) is 7.88. The summed E-state index contributed by atoms with van der Waals surface area (Å²) in [4.78, 5) is 14.8. The van der Waals surface area contributed by atoms with Crippen molar-refractivity contribution in [3.8, 4) is 17.6 Å². The van der Waals surface area contributed by atoms with Gasteiger partial charge in [0.25, 0.3) is 14.1 Å². The van der Waals surface area contributed by atoms with Gasteiger partial charge in [0.1, 0.15) is 29.4 Å². The second-order valence-corrected chi connectivity index (χ2v) is 14.7. The van der Waals surface area contributed by atoms with Crippen molar-refractivity contribution in [2.24, 2.45) is 0 Å². The Kier molecular flexibility index (Phi) is 13.8. The third kappa shape index (κ3) is 8.99. The third-order valence-corrected chi connectivity index (χ3v) is 11.3. The maximum Gasteiger partial charge on any atom is 0.259 e. The van der Waals surface area contributed by atoms with Crippen molar-refractivity contribution in [1.29, 1.82) is 5.26 Å². The lowest BCUT2D eigenvalue weighted by atomic mass is 9.80. The number of aromatic amines is 1. The summed E-state index contributed by atoms with van der Waals surface area (Å²) in [5.41, 5.74) is 1.29. The Hall–Kier alpha value is -3.92. The van der Waals surface area contributed by atoms with E-state index in [1.165, 1.54) is 6.07 Å². The van der Waals surface area contributed by atoms with Gasteiger partial charge >= 0.3 is 0 Å². The van der Waals surface area contributed by atoms with Crippen molar-refractivity contribution in [3.05, 3.63) is 123 Å². The first-order valence-corrected chi connectivity index (χ1v) is 18.9. The van der Waals surface area contributed by atoms with E-state index in [9.17, 15) is 10.1 Å². The SMILES string of the molecule is COc1ccc(C(OC[C@H]2O[C@@H](n3ccc(=O)[nH]c3=S)C[C@@H]2OP(OCCC#N)N(C(C)C)C(C)C)(c2ccccc2)c2ccc(OC)cc2)cc1. The molecule has 4 aromatic rings. The van der Waals surface area contributed by atoms with Gasteiger partial charge in [-0.2, -0.15) is 5.26 Å². The van der Waals surface area contributed by atoms with Crippen LogP contribution in [0.3, 0.4) is 0 Å². The van der Waals surface area contributed by atoms with Crippen LogP contribution >= 0.6 is 20.7 Å². The molecule has 276 valence electrons. The lowest BCUT2D eigenvalue weighted by Crippen LogP contribution is -2.39. The fourth-order valence-corrected chi connectivity index (χ4v) is 8.52. The fourth-order valence-electron chi connectivity index (χ4n) is 6.48. The van der Waals surface area contributed by atoms with Gasteiger partial charge in [-0.3, -0.25) is 14.3 Å². The lowest BCUT2D eigenvalue weighted by molar-refractivity contribution is -0.0922. The maximum absolute atomic E-state index is 12.1. The Balaban J connectivity index is 1.59. The van der Waals surface area contributed by atoms with E-state index in [1.807, 2.05) is 78.9 Å². The minimum Gasteiger partial charge on any atom is -0.497 e. The highest BCUT2D eigenvalue weighted by atomic mass is 32.1. The molecule has 1 unspecified atom stereocenters. The molecule has 1 N–H and O–H groups in total. The van der Waals surface area contributed by atoms with Gasteiger partial charge < -0.3 is 28.0 Å². The highest BCUT2D eigenvalue weighted by Crippen LogP contribution is 2.50. The number of nitrogens with one attached hydrogen (secondary N) is 1. The van der Waals surface area contributed by atoms with Crippen LogP contribution in [0.1, 0.15) is 63.5 Å². The van der Waals surface area contributed by atoms with Crippen molar-refractivity contribution >= 4 is 20.7 Å². The molecule has 4 atom stereocenters. The topological polar surface area (TPSA) is 120 Å². The molecule has 0 saturated carbocycles. The largest absolute Gasteiger partial charge is 0.497 e. The summed E-state index contributed by atoms with van der Waals surface area (Å²) in [6.07, 6.45) is 0.617. The Labute approximate surface area is 312 Å². The van der Waals surface area contributed by atoms with Crippen LogP contribution in [0, 0.1) is 16.1 Å². The molecule has 0 amide bonds. The number of H-pyrrole nitrogens is 1. The Bertz CT molecular complexity index is 1820. The number of hydrogen-bond acceptors (Lipinski definition) is 10. The fraction of sp³-hybridized carbons (Fsp3) is 0.410. The van der Waals surface area contributed by atoms with Gasteiger partial charge in [-0.25, -0.2) is 4.67 Å². The van der Waals surface area contributed by atoms with Crippen LogP contribution in [0.2, 0.25) is 0 Å². The molecule has 0 aliphatic carbocycles. The minimum absolute atomic E-state index is 0.102. The first-order valence-electron chi connectivity index (χ1n) is 17.3. The first kappa shape index (κ1) is 39.3. The molecular weight excluding hydrogens is 699 g/mol. The van der Waals surface area contributed by atoms with Gasteiger partial charge in [0, 0.05) is 30.8 Å². The molecule has 0 spiro atoms. The number of nitriles is 1. The van der Waals surface area contributed by atoms with Crippen LogP contribution in [0.15, 0.2) is 95.9 Å². The number of nitrogens with zero attached hydrogens (tertiary/aromatic N) is 3. The van der Waals surface area contributed by atoms with E-state index < -0.39 is 32.6 Å².